The van der Waals surface area contributed by atoms with Crippen LogP contribution in [0.25, 0.3) is 17.0 Å². The van der Waals surface area contributed by atoms with Crippen molar-refractivity contribution in [2.75, 3.05) is 0 Å². The number of furan rings is 1. The summed E-state index contributed by atoms with van der Waals surface area (Å²) in [5.74, 6) is 1.16. The number of hydrogen-bond acceptors (Lipinski definition) is 3. The smallest absolute Gasteiger partial charge is 0.189 e. The molecule has 0 aliphatic carbocycles. The molecule has 0 spiro atoms. The Balaban J connectivity index is 1.58. The largest absolute Gasteiger partial charge is 0.488 e. The summed E-state index contributed by atoms with van der Waals surface area (Å²) in [6.07, 6.45) is 3.30. The van der Waals surface area contributed by atoms with Crippen LogP contribution in [0.1, 0.15) is 38.4 Å². The molecule has 3 nitrogen and oxygen atoms in total. The fourth-order valence-corrected chi connectivity index (χ4v) is 3.45. The Morgan fingerprint density at radius 3 is 2.47 bits per heavy atom. The van der Waals surface area contributed by atoms with Gasteiger partial charge in [0, 0.05) is 10.9 Å². The number of benzene rings is 3. The second-order valence-electron chi connectivity index (χ2n) is 7.56. The van der Waals surface area contributed by atoms with E-state index in [1.54, 1.807) is 12.2 Å². The predicted molar refractivity (Wildman–Crippen MR) is 121 cm³/mol. The number of rotatable bonds is 6. The van der Waals surface area contributed by atoms with Crippen molar-refractivity contribution >= 4 is 22.8 Å². The van der Waals surface area contributed by atoms with Gasteiger partial charge in [-0.3, -0.25) is 4.79 Å². The van der Waals surface area contributed by atoms with Gasteiger partial charge in [0.1, 0.15) is 23.7 Å². The molecule has 0 amide bonds. The highest BCUT2D eigenvalue weighted by Gasteiger charge is 2.13. The van der Waals surface area contributed by atoms with E-state index in [1.807, 2.05) is 75.4 Å². The topological polar surface area (TPSA) is 39.4 Å². The monoisotopic (exact) mass is 396 g/mol. The lowest BCUT2D eigenvalue weighted by molar-refractivity contribution is 0.104. The molecule has 4 rings (SSSR count). The molecule has 0 aliphatic rings. The molecule has 0 atom stereocenters. The van der Waals surface area contributed by atoms with Crippen molar-refractivity contribution in [2.45, 2.75) is 27.4 Å². The average Bonchev–Trinajstić information content (AvgIpc) is 3.06. The minimum Gasteiger partial charge on any atom is -0.488 e. The molecule has 4 aromatic rings. The highest BCUT2D eigenvalue weighted by atomic mass is 16.5. The molecule has 3 aromatic carbocycles. The molecule has 30 heavy (non-hydrogen) atoms. The van der Waals surface area contributed by atoms with Crippen LogP contribution in [0.4, 0.5) is 0 Å². The number of fused-ring (bicyclic) bond motifs is 1. The van der Waals surface area contributed by atoms with Crippen molar-refractivity contribution in [3.63, 3.8) is 0 Å². The van der Waals surface area contributed by atoms with Crippen molar-refractivity contribution in [3.05, 3.63) is 106 Å². The first-order chi connectivity index (χ1) is 14.5. The first-order valence-electron chi connectivity index (χ1n) is 10.0. The van der Waals surface area contributed by atoms with Crippen molar-refractivity contribution in [1.82, 2.24) is 0 Å². The zero-order valence-electron chi connectivity index (χ0n) is 17.4. The molecule has 3 heteroatoms. The average molecular weight is 396 g/mol. The van der Waals surface area contributed by atoms with Crippen LogP contribution in [0.15, 0.2) is 77.2 Å². The van der Waals surface area contributed by atoms with E-state index in [-0.39, 0.29) is 5.78 Å². The van der Waals surface area contributed by atoms with Gasteiger partial charge in [-0.2, -0.15) is 0 Å². The number of carbonyl (C=O) groups is 1. The van der Waals surface area contributed by atoms with E-state index in [0.29, 0.717) is 23.7 Å². The summed E-state index contributed by atoms with van der Waals surface area (Å²) < 4.78 is 11.9. The van der Waals surface area contributed by atoms with Crippen LogP contribution < -0.4 is 4.74 Å². The lowest BCUT2D eigenvalue weighted by atomic mass is 10.1. The Kier molecular flexibility index (Phi) is 5.53. The van der Waals surface area contributed by atoms with Gasteiger partial charge in [0.15, 0.2) is 5.78 Å². The summed E-state index contributed by atoms with van der Waals surface area (Å²) in [5, 5.41) is 1.06. The molecule has 0 radical (unpaired) electrons. The molecular formula is C27H24O3. The van der Waals surface area contributed by atoms with Gasteiger partial charge in [0.05, 0.1) is 5.56 Å². The summed E-state index contributed by atoms with van der Waals surface area (Å²) in [6.45, 7) is 6.42. The Labute approximate surface area is 176 Å². The maximum Gasteiger partial charge on any atom is 0.189 e. The van der Waals surface area contributed by atoms with Crippen molar-refractivity contribution < 1.29 is 13.9 Å². The molecule has 1 aromatic heterocycles. The number of carbonyl (C=O) groups excluding carboxylic acids is 1. The fourth-order valence-electron chi connectivity index (χ4n) is 3.45. The van der Waals surface area contributed by atoms with Crippen LogP contribution in [-0.2, 0) is 6.61 Å². The summed E-state index contributed by atoms with van der Waals surface area (Å²) in [6, 6.07) is 21.7. The van der Waals surface area contributed by atoms with E-state index < -0.39 is 0 Å². The second-order valence-corrected chi connectivity index (χ2v) is 7.56. The minimum absolute atomic E-state index is 0.113. The molecule has 0 fully saturated rings. The van der Waals surface area contributed by atoms with Crippen LogP contribution in [-0.4, -0.2) is 5.78 Å². The van der Waals surface area contributed by atoms with Crippen LogP contribution in [0, 0.1) is 20.8 Å². The summed E-state index contributed by atoms with van der Waals surface area (Å²) in [4.78, 5) is 13.0. The Morgan fingerprint density at radius 1 is 0.933 bits per heavy atom. The van der Waals surface area contributed by atoms with E-state index in [2.05, 4.69) is 12.1 Å². The molecule has 0 saturated heterocycles. The highest BCUT2D eigenvalue weighted by molar-refractivity contribution is 6.09. The Bertz CT molecular complexity index is 1230. The first-order valence-corrected chi connectivity index (χ1v) is 10.0. The quantitative estimate of drug-likeness (QED) is 0.265. The maximum atomic E-state index is 13.0. The number of aryl methyl sites for hydroxylation is 3. The van der Waals surface area contributed by atoms with Crippen LogP contribution in [0.3, 0.4) is 0 Å². The van der Waals surface area contributed by atoms with E-state index in [1.165, 1.54) is 0 Å². The molecule has 0 unspecified atom stereocenters. The fraction of sp³-hybridized carbons (Fsp3) is 0.148. The number of ketones is 1. The van der Waals surface area contributed by atoms with Gasteiger partial charge < -0.3 is 9.15 Å². The zero-order chi connectivity index (χ0) is 21.1. The van der Waals surface area contributed by atoms with Gasteiger partial charge in [-0.05, 0) is 62.2 Å². The van der Waals surface area contributed by atoms with E-state index in [0.717, 1.165) is 33.2 Å². The molecule has 0 bridgehead atoms. The second kappa shape index (κ2) is 8.42. The number of hydrogen-bond donors (Lipinski definition) is 0. The highest BCUT2D eigenvalue weighted by Crippen LogP contribution is 2.28. The van der Waals surface area contributed by atoms with Gasteiger partial charge in [0.25, 0.3) is 0 Å². The lowest BCUT2D eigenvalue weighted by Gasteiger charge is -2.11. The van der Waals surface area contributed by atoms with Crippen molar-refractivity contribution in [2.24, 2.45) is 0 Å². The third kappa shape index (κ3) is 4.20. The summed E-state index contributed by atoms with van der Waals surface area (Å²) in [5.41, 5.74) is 5.62. The van der Waals surface area contributed by atoms with Gasteiger partial charge in [0.2, 0.25) is 0 Å². The minimum atomic E-state index is -0.113. The van der Waals surface area contributed by atoms with Crippen molar-refractivity contribution in [3.8, 4) is 5.75 Å². The number of ether oxygens (including phenoxy) is 1. The SMILES string of the molecule is Cc1ccc(OCc2ccccc2)c(C(=O)/C=C/c2oc3cc(C)ccc3c2C)c1. The number of allylic oxidation sites excluding steroid dienone is 1. The normalized spacial score (nSPS) is 11.3. The van der Waals surface area contributed by atoms with E-state index in [4.69, 9.17) is 9.15 Å². The summed E-state index contributed by atoms with van der Waals surface area (Å²) >= 11 is 0. The molecular weight excluding hydrogens is 372 g/mol. The van der Waals surface area contributed by atoms with Gasteiger partial charge in [-0.15, -0.1) is 0 Å². The first kappa shape index (κ1) is 19.7. The van der Waals surface area contributed by atoms with Gasteiger partial charge in [-0.25, -0.2) is 0 Å². The summed E-state index contributed by atoms with van der Waals surface area (Å²) in [7, 11) is 0. The molecule has 0 N–H and O–H groups in total. The Hall–Kier alpha value is -3.59. The van der Waals surface area contributed by atoms with E-state index >= 15 is 0 Å². The standard InChI is InChI=1S/C27H24O3/c1-18-10-13-26(29-17-21-7-5-4-6-8-21)23(15-18)24(28)12-14-25-20(3)22-11-9-19(2)16-27(22)30-25/h4-16H,17H2,1-3H3/b14-12+. The maximum absolute atomic E-state index is 13.0. The van der Waals surface area contributed by atoms with Crippen LogP contribution >= 0.6 is 0 Å². The third-order valence-electron chi connectivity index (χ3n) is 5.15. The predicted octanol–water partition coefficient (Wildman–Crippen LogP) is 6.83. The molecule has 0 saturated carbocycles. The lowest BCUT2D eigenvalue weighted by Crippen LogP contribution is -2.03. The molecule has 0 aliphatic heterocycles. The zero-order valence-corrected chi connectivity index (χ0v) is 17.4. The van der Waals surface area contributed by atoms with Crippen LogP contribution in [0.2, 0.25) is 0 Å². The van der Waals surface area contributed by atoms with Gasteiger partial charge in [-0.1, -0.05) is 54.1 Å². The van der Waals surface area contributed by atoms with Crippen molar-refractivity contribution in [1.29, 1.82) is 0 Å². The van der Waals surface area contributed by atoms with E-state index in [9.17, 15) is 4.79 Å². The van der Waals surface area contributed by atoms with Crippen LogP contribution in [0.5, 0.6) is 5.75 Å². The van der Waals surface area contributed by atoms with Gasteiger partial charge >= 0.3 is 0 Å². The molecule has 1 heterocycles. The Morgan fingerprint density at radius 2 is 1.67 bits per heavy atom. The third-order valence-corrected chi connectivity index (χ3v) is 5.15. The molecule has 150 valence electrons.